The lowest BCUT2D eigenvalue weighted by Crippen LogP contribution is -2.23. The van der Waals surface area contributed by atoms with Gasteiger partial charge in [0.25, 0.3) is 5.91 Å². The number of ether oxygens (including phenoxy) is 1. The lowest BCUT2D eigenvalue weighted by atomic mass is 10.2. The number of imidazole rings is 1. The number of para-hydroxylation sites is 2. The lowest BCUT2D eigenvalue weighted by molar-refractivity contribution is -0.118. The Hall–Kier alpha value is -4.13. The number of aromatic nitrogens is 2. The van der Waals surface area contributed by atoms with E-state index >= 15 is 0 Å². The van der Waals surface area contributed by atoms with Gasteiger partial charge in [-0.15, -0.1) is 0 Å². The highest BCUT2D eigenvalue weighted by Gasteiger charge is 2.21. The maximum Gasteiger partial charge on any atom is 0.262 e. The Morgan fingerprint density at radius 1 is 1.06 bits per heavy atom. The van der Waals surface area contributed by atoms with Crippen molar-refractivity contribution in [3.8, 4) is 17.1 Å². The van der Waals surface area contributed by atoms with Gasteiger partial charge in [-0.25, -0.2) is 4.98 Å². The Kier molecular flexibility index (Phi) is 5.29. The first-order valence-electron chi connectivity index (χ1n) is 10.5. The van der Waals surface area contributed by atoms with Gasteiger partial charge in [-0.2, -0.15) is 0 Å². The van der Waals surface area contributed by atoms with Gasteiger partial charge in [0.2, 0.25) is 5.91 Å². The molecule has 2 heterocycles. The van der Waals surface area contributed by atoms with E-state index < -0.39 is 0 Å². The first-order valence-corrected chi connectivity index (χ1v) is 10.5. The number of fused-ring (bicyclic) bond motifs is 1. The van der Waals surface area contributed by atoms with Gasteiger partial charge in [-0.1, -0.05) is 24.3 Å². The lowest BCUT2D eigenvalue weighted by Gasteiger charge is -2.16. The average molecular weight is 426 g/mol. The molecule has 1 fully saturated rings. The van der Waals surface area contributed by atoms with E-state index in [4.69, 9.17) is 4.74 Å². The minimum Gasteiger partial charge on any atom is -0.484 e. The molecular formula is C25H22N4O3. The topological polar surface area (TPSA) is 87.3 Å². The van der Waals surface area contributed by atoms with Crippen LogP contribution in [0.25, 0.3) is 22.4 Å². The van der Waals surface area contributed by atoms with E-state index in [9.17, 15) is 9.59 Å². The molecule has 0 spiro atoms. The Labute approximate surface area is 185 Å². The smallest absolute Gasteiger partial charge is 0.262 e. The molecule has 2 N–H and O–H groups in total. The third-order valence-electron chi connectivity index (χ3n) is 5.40. The zero-order valence-corrected chi connectivity index (χ0v) is 17.4. The van der Waals surface area contributed by atoms with Crippen molar-refractivity contribution in [3.05, 3.63) is 72.8 Å². The molecule has 1 saturated heterocycles. The second kappa shape index (κ2) is 8.55. The fraction of sp³-hybridized carbons (Fsp3) is 0.160. The van der Waals surface area contributed by atoms with Gasteiger partial charge in [0.1, 0.15) is 11.6 Å². The quantitative estimate of drug-likeness (QED) is 0.479. The minimum absolute atomic E-state index is 0.114. The Morgan fingerprint density at radius 3 is 2.69 bits per heavy atom. The normalized spacial score (nSPS) is 13.5. The predicted molar refractivity (Wildman–Crippen MR) is 124 cm³/mol. The van der Waals surface area contributed by atoms with Crippen molar-refractivity contribution >= 4 is 34.2 Å². The van der Waals surface area contributed by atoms with E-state index in [0.29, 0.717) is 17.9 Å². The van der Waals surface area contributed by atoms with Crippen LogP contribution >= 0.6 is 0 Å². The molecule has 160 valence electrons. The van der Waals surface area contributed by atoms with Crippen molar-refractivity contribution in [2.75, 3.05) is 23.4 Å². The third-order valence-corrected chi connectivity index (χ3v) is 5.40. The van der Waals surface area contributed by atoms with Crippen molar-refractivity contribution in [1.82, 2.24) is 9.97 Å². The Morgan fingerprint density at radius 2 is 1.91 bits per heavy atom. The molecule has 0 unspecified atom stereocenters. The zero-order chi connectivity index (χ0) is 21.9. The van der Waals surface area contributed by atoms with Crippen LogP contribution < -0.4 is 15.0 Å². The number of nitrogens with zero attached hydrogens (tertiary/aromatic N) is 2. The molecule has 2 amide bonds. The number of anilines is 2. The second-order valence-corrected chi connectivity index (χ2v) is 7.66. The number of hydrogen-bond acceptors (Lipinski definition) is 4. The van der Waals surface area contributed by atoms with Crippen molar-refractivity contribution in [2.24, 2.45) is 0 Å². The number of carbonyl (C=O) groups excluding carboxylic acids is 2. The van der Waals surface area contributed by atoms with Crippen molar-refractivity contribution in [3.63, 3.8) is 0 Å². The van der Waals surface area contributed by atoms with Crippen LogP contribution in [0.4, 0.5) is 11.4 Å². The highest BCUT2D eigenvalue weighted by atomic mass is 16.5. The van der Waals surface area contributed by atoms with Crippen LogP contribution in [-0.4, -0.2) is 34.9 Å². The van der Waals surface area contributed by atoms with Crippen LogP contribution in [0.2, 0.25) is 0 Å². The molecule has 3 aromatic carbocycles. The summed E-state index contributed by atoms with van der Waals surface area (Å²) in [6.07, 6.45) is 1.48. The second-order valence-electron chi connectivity index (χ2n) is 7.66. The maximum absolute atomic E-state index is 12.4. The zero-order valence-electron chi connectivity index (χ0n) is 17.4. The monoisotopic (exact) mass is 426 g/mol. The molecular weight excluding hydrogens is 404 g/mol. The van der Waals surface area contributed by atoms with Gasteiger partial charge in [-0.3, -0.25) is 9.59 Å². The van der Waals surface area contributed by atoms with E-state index in [2.05, 4.69) is 15.3 Å². The van der Waals surface area contributed by atoms with Gasteiger partial charge in [0.05, 0.1) is 11.0 Å². The van der Waals surface area contributed by atoms with Crippen LogP contribution in [0.3, 0.4) is 0 Å². The summed E-state index contributed by atoms with van der Waals surface area (Å²) in [6.45, 7) is 0.630. The molecule has 32 heavy (non-hydrogen) atoms. The predicted octanol–water partition coefficient (Wildman–Crippen LogP) is 4.37. The summed E-state index contributed by atoms with van der Waals surface area (Å²) in [5, 5.41) is 2.86. The fourth-order valence-electron chi connectivity index (χ4n) is 3.82. The van der Waals surface area contributed by atoms with Crippen LogP contribution in [0.1, 0.15) is 12.8 Å². The van der Waals surface area contributed by atoms with E-state index in [0.717, 1.165) is 41.1 Å². The molecule has 0 radical (unpaired) electrons. The summed E-state index contributed by atoms with van der Waals surface area (Å²) in [4.78, 5) is 33.9. The molecule has 7 nitrogen and oxygen atoms in total. The number of benzene rings is 3. The first kappa shape index (κ1) is 19.8. The molecule has 1 aromatic heterocycles. The van der Waals surface area contributed by atoms with Gasteiger partial charge in [0.15, 0.2) is 6.61 Å². The molecule has 1 aliphatic heterocycles. The molecule has 0 saturated carbocycles. The summed E-state index contributed by atoms with van der Waals surface area (Å²) in [6, 6.07) is 22.6. The molecule has 0 aliphatic carbocycles. The number of amides is 2. The SMILES string of the molecule is O=C(COc1ccc(N2CCCC2=O)cc1)Nc1cccc(-c2nc3ccccc3[nH]2)c1. The molecule has 1 aliphatic rings. The number of H-pyrrole nitrogens is 1. The van der Waals surface area contributed by atoms with E-state index in [-0.39, 0.29) is 18.4 Å². The summed E-state index contributed by atoms with van der Waals surface area (Å²) < 4.78 is 5.61. The van der Waals surface area contributed by atoms with Gasteiger partial charge < -0.3 is 19.9 Å². The first-order chi connectivity index (χ1) is 15.7. The average Bonchev–Trinajstić information content (AvgIpc) is 3.44. The summed E-state index contributed by atoms with van der Waals surface area (Å²) in [7, 11) is 0. The number of nitrogens with one attached hydrogen (secondary N) is 2. The highest BCUT2D eigenvalue weighted by Crippen LogP contribution is 2.25. The van der Waals surface area contributed by atoms with E-state index in [1.54, 1.807) is 17.0 Å². The minimum atomic E-state index is -0.259. The maximum atomic E-state index is 12.4. The van der Waals surface area contributed by atoms with Gasteiger partial charge in [-0.05, 0) is 55.0 Å². The van der Waals surface area contributed by atoms with E-state index in [1.165, 1.54) is 0 Å². The van der Waals surface area contributed by atoms with Crippen LogP contribution in [0, 0.1) is 0 Å². The molecule has 4 aromatic rings. The Bertz CT molecular complexity index is 1250. The summed E-state index contributed by atoms with van der Waals surface area (Å²) in [5.41, 5.74) is 4.26. The third kappa shape index (κ3) is 4.18. The van der Waals surface area contributed by atoms with Crippen LogP contribution in [-0.2, 0) is 9.59 Å². The highest BCUT2D eigenvalue weighted by molar-refractivity contribution is 5.95. The number of aromatic amines is 1. The van der Waals surface area contributed by atoms with Gasteiger partial charge in [0, 0.05) is 29.9 Å². The van der Waals surface area contributed by atoms with Crippen molar-refractivity contribution < 1.29 is 14.3 Å². The van der Waals surface area contributed by atoms with Crippen molar-refractivity contribution in [2.45, 2.75) is 12.8 Å². The molecule has 0 bridgehead atoms. The number of hydrogen-bond donors (Lipinski definition) is 2. The summed E-state index contributed by atoms with van der Waals surface area (Å²) >= 11 is 0. The summed E-state index contributed by atoms with van der Waals surface area (Å²) in [5.74, 6) is 1.20. The fourth-order valence-corrected chi connectivity index (χ4v) is 3.82. The van der Waals surface area contributed by atoms with E-state index in [1.807, 2.05) is 60.7 Å². The molecule has 5 rings (SSSR count). The molecule has 0 atom stereocenters. The number of rotatable bonds is 6. The number of carbonyl (C=O) groups is 2. The van der Waals surface area contributed by atoms with Crippen molar-refractivity contribution in [1.29, 1.82) is 0 Å². The van der Waals surface area contributed by atoms with Gasteiger partial charge >= 0.3 is 0 Å². The standard InChI is InChI=1S/C25H22N4O3/c30-23(16-32-20-12-10-19(11-13-20)29-14-4-9-24(29)31)26-18-6-3-5-17(15-18)25-27-21-7-1-2-8-22(21)28-25/h1-3,5-8,10-13,15H,4,9,14,16H2,(H,26,30)(H,27,28). The molecule has 7 heteroatoms. The van der Waals surface area contributed by atoms with Crippen LogP contribution in [0.15, 0.2) is 72.8 Å². The largest absolute Gasteiger partial charge is 0.484 e. The Balaban J connectivity index is 1.20. The van der Waals surface area contributed by atoms with Crippen LogP contribution in [0.5, 0.6) is 5.75 Å².